The van der Waals surface area contributed by atoms with E-state index in [0.29, 0.717) is 23.2 Å². The highest BCUT2D eigenvalue weighted by atomic mass is 32.2. The molecule has 34 heavy (non-hydrogen) atoms. The number of ether oxygens (including phenoxy) is 1. The van der Waals surface area contributed by atoms with E-state index in [2.05, 4.69) is 48.5 Å². The molecule has 9 heteroatoms. The number of nitrogens with one attached hydrogen (secondary N) is 2. The van der Waals surface area contributed by atoms with Gasteiger partial charge in [-0.3, -0.25) is 4.90 Å². The lowest BCUT2D eigenvalue weighted by atomic mass is 9.86. The Morgan fingerprint density at radius 1 is 1.00 bits per heavy atom. The van der Waals surface area contributed by atoms with Gasteiger partial charge in [-0.25, -0.2) is 19.9 Å². The van der Waals surface area contributed by atoms with Crippen LogP contribution in [0.5, 0.6) is 0 Å². The van der Waals surface area contributed by atoms with Gasteiger partial charge >= 0.3 is 0 Å². The number of nitrogens with zero attached hydrogens (tertiary/aromatic N) is 5. The van der Waals surface area contributed by atoms with Crippen LogP contribution in [0.1, 0.15) is 44.2 Å². The van der Waals surface area contributed by atoms with Gasteiger partial charge in [0.2, 0.25) is 0 Å². The van der Waals surface area contributed by atoms with Crippen LogP contribution in [0.2, 0.25) is 0 Å². The van der Waals surface area contributed by atoms with Crippen molar-refractivity contribution in [1.29, 1.82) is 0 Å². The minimum atomic E-state index is 0.294. The Morgan fingerprint density at radius 2 is 1.82 bits per heavy atom. The molecule has 2 aliphatic rings. The van der Waals surface area contributed by atoms with Crippen molar-refractivity contribution in [3.8, 4) is 0 Å². The van der Waals surface area contributed by atoms with Gasteiger partial charge in [0, 0.05) is 48.2 Å². The number of pyridine rings is 2. The molecule has 8 nitrogen and oxygen atoms in total. The molecule has 5 heterocycles. The molecule has 0 saturated carbocycles. The molecule has 0 bridgehead atoms. The molecular weight excluding hydrogens is 446 g/mol. The van der Waals surface area contributed by atoms with Gasteiger partial charge in [0.05, 0.1) is 0 Å². The predicted octanol–water partition coefficient (Wildman–Crippen LogP) is 5.18. The Balaban J connectivity index is 1.26. The summed E-state index contributed by atoms with van der Waals surface area (Å²) in [6.07, 6.45) is 12.1. The van der Waals surface area contributed by atoms with E-state index >= 15 is 0 Å². The van der Waals surface area contributed by atoms with Gasteiger partial charge in [0.1, 0.15) is 29.6 Å². The van der Waals surface area contributed by atoms with E-state index in [1.165, 1.54) is 24.7 Å². The Labute approximate surface area is 205 Å². The second-order valence-corrected chi connectivity index (χ2v) is 9.73. The van der Waals surface area contributed by atoms with Crippen LogP contribution in [-0.4, -0.2) is 56.4 Å². The van der Waals surface area contributed by atoms with Crippen LogP contribution >= 0.6 is 11.8 Å². The molecule has 178 valence electrons. The van der Waals surface area contributed by atoms with Gasteiger partial charge in [-0.05, 0) is 69.2 Å². The minimum Gasteiger partial charge on any atom is -0.381 e. The second kappa shape index (κ2) is 10.2. The summed E-state index contributed by atoms with van der Waals surface area (Å²) in [5, 5.41) is 6.57. The van der Waals surface area contributed by atoms with Crippen molar-refractivity contribution < 1.29 is 4.74 Å². The molecular formula is C25H31N7OS. The Kier molecular flexibility index (Phi) is 6.94. The lowest BCUT2D eigenvalue weighted by Crippen LogP contribution is -2.48. The standard InChI is InChI=1S/C25H31N7OS/c1-18(32-12-4-8-25(32)9-13-33-14-10-25)19-6-7-21(27-16-19)30-22-15-23(29-17-28-22)31-24-20(34-2)5-3-11-26-24/h3,5-7,11,15-18H,4,8-10,12-14H2,1-2H3,(H2,26,27,28,29,30,31). The van der Waals surface area contributed by atoms with E-state index in [1.54, 1.807) is 18.0 Å². The molecule has 2 aliphatic heterocycles. The number of aromatic nitrogens is 4. The van der Waals surface area contributed by atoms with Crippen LogP contribution in [0.15, 0.2) is 53.9 Å². The van der Waals surface area contributed by atoms with Gasteiger partial charge in [0.15, 0.2) is 0 Å². The third-order valence-corrected chi connectivity index (χ3v) is 7.74. The van der Waals surface area contributed by atoms with Crippen molar-refractivity contribution >= 4 is 35.0 Å². The minimum absolute atomic E-state index is 0.294. The van der Waals surface area contributed by atoms with Crippen molar-refractivity contribution in [2.45, 2.75) is 49.1 Å². The zero-order chi connectivity index (χ0) is 23.4. The lowest BCUT2D eigenvalue weighted by molar-refractivity contribution is -0.0230. The fourth-order valence-corrected chi connectivity index (χ4v) is 5.67. The van der Waals surface area contributed by atoms with Crippen molar-refractivity contribution in [1.82, 2.24) is 24.8 Å². The van der Waals surface area contributed by atoms with E-state index in [-0.39, 0.29) is 0 Å². The Hall–Kier alpha value is -2.75. The monoisotopic (exact) mass is 477 g/mol. The fourth-order valence-electron chi connectivity index (χ4n) is 5.15. The number of likely N-dealkylation sites (tertiary alicyclic amines) is 1. The summed E-state index contributed by atoms with van der Waals surface area (Å²) < 4.78 is 5.65. The third-order valence-electron chi connectivity index (χ3n) is 6.97. The molecule has 1 atom stereocenters. The largest absolute Gasteiger partial charge is 0.381 e. The summed E-state index contributed by atoms with van der Waals surface area (Å²) in [5.74, 6) is 2.88. The number of rotatable bonds is 7. The SMILES string of the molecule is CSc1cccnc1Nc1cc(Nc2ccc(C(C)N3CCCC34CCOCC4)cn2)ncn1. The molecule has 1 spiro atoms. The molecule has 3 aromatic heterocycles. The second-order valence-electron chi connectivity index (χ2n) is 8.88. The molecule has 1 unspecified atom stereocenters. The zero-order valence-corrected chi connectivity index (χ0v) is 20.5. The topological polar surface area (TPSA) is 88.1 Å². The Morgan fingerprint density at radius 3 is 2.59 bits per heavy atom. The van der Waals surface area contributed by atoms with Crippen LogP contribution in [0.4, 0.5) is 23.3 Å². The summed E-state index contributed by atoms with van der Waals surface area (Å²) in [6.45, 7) is 5.19. The van der Waals surface area contributed by atoms with Crippen LogP contribution in [-0.2, 0) is 4.74 Å². The lowest BCUT2D eigenvalue weighted by Gasteiger charge is -2.44. The number of hydrogen-bond acceptors (Lipinski definition) is 9. The normalized spacial score (nSPS) is 18.6. The number of hydrogen-bond donors (Lipinski definition) is 2. The highest BCUT2D eigenvalue weighted by molar-refractivity contribution is 7.98. The van der Waals surface area contributed by atoms with E-state index in [4.69, 9.17) is 4.74 Å². The molecule has 0 amide bonds. The van der Waals surface area contributed by atoms with Crippen molar-refractivity contribution in [2.75, 3.05) is 36.6 Å². The molecule has 2 N–H and O–H groups in total. The van der Waals surface area contributed by atoms with Gasteiger partial charge in [-0.1, -0.05) is 6.07 Å². The first-order valence-corrected chi connectivity index (χ1v) is 13.0. The fraction of sp³-hybridized carbons (Fsp3) is 0.440. The third kappa shape index (κ3) is 4.87. The van der Waals surface area contributed by atoms with Crippen LogP contribution in [0, 0.1) is 0 Å². The van der Waals surface area contributed by atoms with Crippen molar-refractivity contribution in [2.24, 2.45) is 0 Å². The average Bonchev–Trinajstić information content (AvgIpc) is 3.27. The first-order valence-electron chi connectivity index (χ1n) is 11.8. The number of thioether (sulfide) groups is 1. The first-order chi connectivity index (χ1) is 16.7. The van der Waals surface area contributed by atoms with E-state index < -0.39 is 0 Å². The molecule has 3 aromatic rings. The highest BCUT2D eigenvalue weighted by Gasteiger charge is 2.44. The van der Waals surface area contributed by atoms with Gasteiger partial charge in [-0.15, -0.1) is 11.8 Å². The molecule has 5 rings (SSSR count). The number of anilines is 4. The quantitative estimate of drug-likeness (QED) is 0.447. The predicted molar refractivity (Wildman–Crippen MR) is 136 cm³/mol. The summed E-state index contributed by atoms with van der Waals surface area (Å²) in [6, 6.07) is 10.3. The molecule has 0 aromatic carbocycles. The van der Waals surface area contributed by atoms with Crippen LogP contribution < -0.4 is 10.6 Å². The Bertz CT molecular complexity index is 1100. The van der Waals surface area contributed by atoms with Crippen molar-refractivity contribution in [3.63, 3.8) is 0 Å². The zero-order valence-electron chi connectivity index (χ0n) is 19.7. The van der Waals surface area contributed by atoms with Gasteiger partial charge in [0.25, 0.3) is 0 Å². The van der Waals surface area contributed by atoms with Gasteiger partial charge < -0.3 is 15.4 Å². The molecule has 2 fully saturated rings. The summed E-state index contributed by atoms with van der Waals surface area (Å²) in [5.41, 5.74) is 1.53. The summed E-state index contributed by atoms with van der Waals surface area (Å²) >= 11 is 1.64. The maximum atomic E-state index is 5.65. The maximum Gasteiger partial charge on any atom is 0.145 e. The van der Waals surface area contributed by atoms with Gasteiger partial charge in [-0.2, -0.15) is 0 Å². The molecule has 2 saturated heterocycles. The van der Waals surface area contributed by atoms with E-state index in [9.17, 15) is 0 Å². The van der Waals surface area contributed by atoms with E-state index in [1.807, 2.05) is 36.7 Å². The molecule has 0 radical (unpaired) electrons. The maximum absolute atomic E-state index is 5.65. The van der Waals surface area contributed by atoms with Crippen LogP contribution in [0.3, 0.4) is 0 Å². The van der Waals surface area contributed by atoms with Crippen molar-refractivity contribution in [3.05, 3.63) is 54.6 Å². The van der Waals surface area contributed by atoms with E-state index in [0.717, 1.165) is 49.1 Å². The average molecular weight is 478 g/mol. The smallest absolute Gasteiger partial charge is 0.145 e. The highest BCUT2D eigenvalue weighted by Crippen LogP contribution is 2.42. The first kappa shape index (κ1) is 23.0. The molecule has 0 aliphatic carbocycles. The van der Waals surface area contributed by atoms with Crippen LogP contribution in [0.25, 0.3) is 0 Å². The summed E-state index contributed by atoms with van der Waals surface area (Å²) in [7, 11) is 0. The summed E-state index contributed by atoms with van der Waals surface area (Å²) in [4.78, 5) is 21.5.